The van der Waals surface area contributed by atoms with Crippen LogP contribution in [-0.4, -0.2) is 35.8 Å². The number of hydrogen-bond acceptors (Lipinski definition) is 6. The van der Waals surface area contributed by atoms with Gasteiger partial charge in [0.15, 0.2) is 22.3 Å². The summed E-state index contributed by atoms with van der Waals surface area (Å²) >= 11 is 3.09. The predicted molar refractivity (Wildman–Crippen MR) is 106 cm³/mol. The van der Waals surface area contributed by atoms with E-state index in [0.717, 1.165) is 24.3 Å². The summed E-state index contributed by atoms with van der Waals surface area (Å²) in [5, 5.41) is 8.92. The van der Waals surface area contributed by atoms with Gasteiger partial charge in [0.05, 0.1) is 19.8 Å². The van der Waals surface area contributed by atoms with Crippen molar-refractivity contribution in [1.29, 1.82) is 0 Å². The first-order valence-electron chi connectivity index (χ1n) is 8.97. The second-order valence-corrected chi connectivity index (χ2v) is 7.02. The molecule has 1 aromatic heterocycles. The number of halogens is 5. The maximum atomic E-state index is 14.6. The Kier molecular flexibility index (Phi) is 7.48. The molecule has 2 aromatic carbocycles. The molecule has 3 N–H and O–H groups in total. The Morgan fingerprint density at radius 3 is 2.59 bits per heavy atom. The molecule has 0 aliphatic rings. The number of carbonyl (C=O) groups excluding carboxylic acids is 1. The van der Waals surface area contributed by atoms with E-state index in [-0.39, 0.29) is 41.6 Å². The van der Waals surface area contributed by atoms with Gasteiger partial charge in [-0.2, -0.15) is 0 Å². The molecule has 0 spiro atoms. The average molecular weight is 519 g/mol. The van der Waals surface area contributed by atoms with Crippen LogP contribution in [0.3, 0.4) is 0 Å². The van der Waals surface area contributed by atoms with Crippen LogP contribution in [0.25, 0.3) is 11.3 Å². The largest absolute Gasteiger partial charge is 0.475 e. The van der Waals surface area contributed by atoms with Crippen molar-refractivity contribution in [2.45, 2.75) is 6.10 Å². The van der Waals surface area contributed by atoms with Crippen molar-refractivity contribution in [1.82, 2.24) is 4.98 Å². The van der Waals surface area contributed by atoms with E-state index in [9.17, 15) is 22.4 Å². The second-order valence-electron chi connectivity index (χ2n) is 6.30. The number of aromatic nitrogens is 1. The summed E-state index contributed by atoms with van der Waals surface area (Å²) in [5.41, 5.74) is 3.88. The van der Waals surface area contributed by atoms with Crippen molar-refractivity contribution in [3.63, 3.8) is 0 Å². The van der Waals surface area contributed by atoms with Crippen molar-refractivity contribution in [2.75, 3.05) is 19.8 Å². The molecular weight excluding hydrogens is 504 g/mol. The molecule has 3 rings (SSSR count). The number of benzene rings is 2. The fourth-order valence-electron chi connectivity index (χ4n) is 2.72. The smallest absolute Gasteiger partial charge is 0.254 e. The third-order valence-electron chi connectivity index (χ3n) is 4.14. The van der Waals surface area contributed by atoms with Crippen molar-refractivity contribution < 1.29 is 41.4 Å². The van der Waals surface area contributed by atoms with Crippen molar-refractivity contribution in [3.05, 3.63) is 69.7 Å². The summed E-state index contributed by atoms with van der Waals surface area (Å²) < 4.78 is 71.9. The highest BCUT2D eigenvalue weighted by atomic mass is 79.9. The lowest BCUT2D eigenvalue weighted by atomic mass is 10.1. The lowest BCUT2D eigenvalue weighted by molar-refractivity contribution is 0.0191. The molecule has 32 heavy (non-hydrogen) atoms. The zero-order chi connectivity index (χ0) is 23.4. The van der Waals surface area contributed by atoms with Crippen LogP contribution < -0.4 is 10.5 Å². The zero-order valence-corrected chi connectivity index (χ0v) is 17.7. The van der Waals surface area contributed by atoms with Crippen LogP contribution in [0.15, 0.2) is 39.4 Å². The first-order chi connectivity index (χ1) is 15.2. The van der Waals surface area contributed by atoms with Crippen molar-refractivity contribution in [2.24, 2.45) is 5.73 Å². The molecule has 0 bridgehead atoms. The quantitative estimate of drug-likeness (QED) is 0.328. The third-order valence-corrected chi connectivity index (χ3v) is 4.68. The molecule has 0 aliphatic heterocycles. The molecular formula is C20H15BrF4N2O5. The maximum absolute atomic E-state index is 14.6. The summed E-state index contributed by atoms with van der Waals surface area (Å²) in [7, 11) is 0. The number of aliphatic hydroxyl groups excluding tert-OH is 1. The van der Waals surface area contributed by atoms with Gasteiger partial charge >= 0.3 is 0 Å². The van der Waals surface area contributed by atoms with E-state index in [1.807, 2.05) is 0 Å². The van der Waals surface area contributed by atoms with Gasteiger partial charge in [-0.05, 0) is 40.2 Å². The summed E-state index contributed by atoms with van der Waals surface area (Å²) in [5.74, 6) is -6.33. The number of rotatable bonds is 9. The van der Waals surface area contributed by atoms with Crippen LogP contribution in [-0.2, 0) is 4.74 Å². The van der Waals surface area contributed by atoms with Crippen molar-refractivity contribution in [3.8, 4) is 17.0 Å². The second kappa shape index (κ2) is 10.1. The molecule has 3 aromatic rings. The Hall–Kier alpha value is -2.96. The lowest BCUT2D eigenvalue weighted by Crippen LogP contribution is -2.19. The first kappa shape index (κ1) is 23.7. The van der Waals surface area contributed by atoms with Gasteiger partial charge in [-0.1, -0.05) is 0 Å². The molecule has 0 saturated carbocycles. The van der Waals surface area contributed by atoms with E-state index < -0.39 is 46.6 Å². The highest BCUT2D eigenvalue weighted by Crippen LogP contribution is 2.35. The van der Waals surface area contributed by atoms with Gasteiger partial charge in [-0.25, -0.2) is 22.5 Å². The van der Waals surface area contributed by atoms with Gasteiger partial charge < -0.3 is 24.7 Å². The topological polar surface area (TPSA) is 108 Å². The van der Waals surface area contributed by atoms with E-state index in [2.05, 4.69) is 20.9 Å². The summed E-state index contributed by atoms with van der Waals surface area (Å²) in [6.07, 6.45) is -1.27. The minimum Gasteiger partial charge on any atom is -0.475 e. The molecule has 12 heteroatoms. The SMILES string of the molecule is NC(=O)c1c(F)ccc(O[C@H](COCCO)c2nc(-c3ccc(F)cc3F)c(Br)o2)c1F. The number of amides is 1. The van der Waals surface area contributed by atoms with Gasteiger partial charge in [0.2, 0.25) is 5.89 Å². The van der Waals surface area contributed by atoms with Gasteiger partial charge in [0.25, 0.3) is 5.91 Å². The Morgan fingerprint density at radius 2 is 1.94 bits per heavy atom. The molecule has 0 aliphatic carbocycles. The number of carbonyl (C=O) groups is 1. The molecule has 7 nitrogen and oxygen atoms in total. The summed E-state index contributed by atoms with van der Waals surface area (Å²) in [6, 6.07) is 4.54. The monoisotopic (exact) mass is 518 g/mol. The van der Waals surface area contributed by atoms with E-state index in [4.69, 9.17) is 24.7 Å². The van der Waals surface area contributed by atoms with E-state index >= 15 is 0 Å². The average Bonchev–Trinajstić information content (AvgIpc) is 3.10. The zero-order valence-electron chi connectivity index (χ0n) is 16.1. The van der Waals surface area contributed by atoms with Crippen molar-refractivity contribution >= 4 is 21.8 Å². The Bertz CT molecular complexity index is 1140. The van der Waals surface area contributed by atoms with Gasteiger partial charge in [0, 0.05) is 11.6 Å². The number of aliphatic hydroxyl groups is 1. The molecule has 0 fully saturated rings. The highest BCUT2D eigenvalue weighted by molar-refractivity contribution is 9.10. The first-order valence-corrected chi connectivity index (χ1v) is 9.77. The Labute approximate surface area is 186 Å². The minimum absolute atomic E-state index is 0.0360. The van der Waals surface area contributed by atoms with Crippen LogP contribution in [0, 0.1) is 23.3 Å². The molecule has 170 valence electrons. The van der Waals surface area contributed by atoms with E-state index in [0.29, 0.717) is 6.07 Å². The number of nitrogens with zero attached hydrogens (tertiary/aromatic N) is 1. The predicted octanol–water partition coefficient (Wildman–Crippen LogP) is 3.89. The number of ether oxygens (including phenoxy) is 2. The maximum Gasteiger partial charge on any atom is 0.254 e. The van der Waals surface area contributed by atoms with Crippen LogP contribution in [0.1, 0.15) is 22.4 Å². The fourth-order valence-corrected chi connectivity index (χ4v) is 3.18. The number of nitrogens with two attached hydrogens (primary N) is 1. The number of primary amides is 1. The summed E-state index contributed by atoms with van der Waals surface area (Å²) in [4.78, 5) is 15.5. The van der Waals surface area contributed by atoms with Gasteiger partial charge in [0.1, 0.15) is 28.7 Å². The molecule has 0 saturated heterocycles. The van der Waals surface area contributed by atoms with Crippen LogP contribution >= 0.6 is 15.9 Å². The highest BCUT2D eigenvalue weighted by Gasteiger charge is 2.27. The van der Waals surface area contributed by atoms with Gasteiger partial charge in [-0.3, -0.25) is 4.79 Å². The van der Waals surface area contributed by atoms with E-state index in [1.165, 1.54) is 0 Å². The van der Waals surface area contributed by atoms with Crippen LogP contribution in [0.4, 0.5) is 17.6 Å². The lowest BCUT2D eigenvalue weighted by Gasteiger charge is -2.17. The van der Waals surface area contributed by atoms with Crippen LogP contribution in [0.5, 0.6) is 5.75 Å². The minimum atomic E-state index is -1.35. The number of oxazole rings is 1. The standard InChI is InChI=1S/C20H15BrF4N2O5/c21-18-17(10-2-1-9(22)7-12(10)24)27-20(32-18)14(8-30-6-5-28)31-13-4-3-11(23)15(16(13)25)19(26)29/h1-4,7,14,28H,5-6,8H2,(H2,26,29)/t14-/m1/s1. The Morgan fingerprint density at radius 1 is 1.19 bits per heavy atom. The summed E-state index contributed by atoms with van der Waals surface area (Å²) in [6.45, 7) is -0.758. The molecule has 0 radical (unpaired) electrons. The third kappa shape index (κ3) is 5.09. The molecule has 1 heterocycles. The Balaban J connectivity index is 1.99. The van der Waals surface area contributed by atoms with Gasteiger partial charge in [-0.15, -0.1) is 0 Å². The number of hydrogen-bond donors (Lipinski definition) is 2. The molecule has 1 amide bonds. The molecule has 1 atom stereocenters. The normalized spacial score (nSPS) is 12.1. The van der Waals surface area contributed by atoms with Crippen LogP contribution in [0.2, 0.25) is 0 Å². The van der Waals surface area contributed by atoms with E-state index in [1.54, 1.807) is 0 Å². The fraction of sp³-hybridized carbons (Fsp3) is 0.200. The molecule has 0 unspecified atom stereocenters.